The van der Waals surface area contributed by atoms with E-state index >= 15 is 0 Å². The van der Waals surface area contributed by atoms with E-state index in [0.29, 0.717) is 11.4 Å². The van der Waals surface area contributed by atoms with Crippen molar-refractivity contribution in [1.29, 1.82) is 0 Å². The normalized spacial score (nSPS) is 12.3. The fourth-order valence-electron chi connectivity index (χ4n) is 1.88. The molecule has 4 nitrogen and oxygen atoms in total. The van der Waals surface area contributed by atoms with Gasteiger partial charge in [-0.3, -0.25) is 0 Å². The number of rotatable bonds is 1. The van der Waals surface area contributed by atoms with E-state index in [1.165, 1.54) is 0 Å². The molecule has 0 bridgehead atoms. The molecule has 1 aromatic carbocycles. The molecule has 5 heteroatoms. The molecule has 1 aliphatic rings. The van der Waals surface area contributed by atoms with Crippen LogP contribution in [0.2, 0.25) is 0 Å². The maximum atomic E-state index is 5.64. The lowest BCUT2D eigenvalue weighted by Gasteiger charge is -2.20. The second-order valence-electron chi connectivity index (χ2n) is 3.74. The minimum atomic E-state index is 0.472. The number of ether oxygens (including phenoxy) is 2. The van der Waals surface area contributed by atoms with E-state index in [9.17, 15) is 0 Å². The number of benzene rings is 1. The number of hydrogen-bond acceptors (Lipinski definition) is 4. The Morgan fingerprint density at radius 3 is 3.18 bits per heavy atom. The van der Waals surface area contributed by atoms with Crippen LogP contribution in [0.1, 0.15) is 5.56 Å². The lowest BCUT2D eigenvalue weighted by atomic mass is 10.0. The van der Waals surface area contributed by atoms with Crippen molar-refractivity contribution in [2.45, 2.75) is 6.61 Å². The molecule has 0 unspecified atom stereocenters. The molecule has 0 aliphatic carbocycles. The quantitative estimate of drug-likeness (QED) is 0.786. The van der Waals surface area contributed by atoms with Crippen molar-refractivity contribution in [3.05, 3.63) is 34.7 Å². The molecule has 17 heavy (non-hydrogen) atoms. The molecule has 0 atom stereocenters. The van der Waals surface area contributed by atoms with Crippen molar-refractivity contribution in [3.63, 3.8) is 0 Å². The summed E-state index contributed by atoms with van der Waals surface area (Å²) in [5, 5.41) is 0. The Balaban J connectivity index is 2.26. The molecule has 0 radical (unpaired) electrons. The van der Waals surface area contributed by atoms with E-state index in [0.717, 1.165) is 28.3 Å². The molecule has 2 heterocycles. The number of H-pyrrole nitrogens is 1. The van der Waals surface area contributed by atoms with Crippen LogP contribution in [-0.2, 0) is 6.61 Å². The highest BCUT2D eigenvalue weighted by Gasteiger charge is 2.18. The standard InChI is InChI=1S/C12H10N2O2S/c1-15-8-2-3-10-9(4-8)11-7(6-16-10)5-13-12(17)14-11/h2-5H,6H2,1H3,(H,13,14,17). The largest absolute Gasteiger partial charge is 0.497 e. The summed E-state index contributed by atoms with van der Waals surface area (Å²) in [6.45, 7) is 0.508. The lowest BCUT2D eigenvalue weighted by molar-refractivity contribution is 0.300. The Kier molecular flexibility index (Phi) is 2.33. The van der Waals surface area contributed by atoms with Gasteiger partial charge in [0, 0.05) is 17.3 Å². The van der Waals surface area contributed by atoms with Crippen molar-refractivity contribution < 1.29 is 9.47 Å². The van der Waals surface area contributed by atoms with Gasteiger partial charge < -0.3 is 14.5 Å². The highest BCUT2D eigenvalue weighted by atomic mass is 32.1. The van der Waals surface area contributed by atoms with Gasteiger partial charge in [-0.15, -0.1) is 0 Å². The zero-order valence-electron chi connectivity index (χ0n) is 9.19. The minimum absolute atomic E-state index is 0.472. The third-order valence-electron chi connectivity index (χ3n) is 2.73. The van der Waals surface area contributed by atoms with Crippen LogP contribution in [0.4, 0.5) is 0 Å². The third-order valence-corrected chi connectivity index (χ3v) is 2.94. The summed E-state index contributed by atoms with van der Waals surface area (Å²) >= 11 is 5.05. The SMILES string of the molecule is COc1ccc2c(c1)-c1[nH]c(=S)ncc1CO2. The summed E-state index contributed by atoms with van der Waals surface area (Å²) in [5.74, 6) is 1.62. The minimum Gasteiger partial charge on any atom is -0.497 e. The average Bonchev–Trinajstić information content (AvgIpc) is 2.38. The molecular weight excluding hydrogens is 236 g/mol. The molecule has 86 valence electrons. The van der Waals surface area contributed by atoms with Crippen molar-refractivity contribution in [2.75, 3.05) is 7.11 Å². The second-order valence-corrected chi connectivity index (χ2v) is 4.13. The first-order valence-corrected chi connectivity index (χ1v) is 5.58. The van der Waals surface area contributed by atoms with Crippen molar-refractivity contribution in [2.24, 2.45) is 0 Å². The van der Waals surface area contributed by atoms with Crippen LogP contribution in [0.3, 0.4) is 0 Å². The predicted molar refractivity (Wildman–Crippen MR) is 65.7 cm³/mol. The summed E-state index contributed by atoms with van der Waals surface area (Å²) in [6.07, 6.45) is 1.75. The van der Waals surface area contributed by atoms with E-state index in [1.54, 1.807) is 13.3 Å². The fraction of sp³-hybridized carbons (Fsp3) is 0.167. The van der Waals surface area contributed by atoms with Crippen LogP contribution in [0.5, 0.6) is 11.5 Å². The average molecular weight is 246 g/mol. The number of fused-ring (bicyclic) bond motifs is 3. The highest BCUT2D eigenvalue weighted by molar-refractivity contribution is 7.71. The van der Waals surface area contributed by atoms with Gasteiger partial charge in [0.25, 0.3) is 0 Å². The summed E-state index contributed by atoms with van der Waals surface area (Å²) in [7, 11) is 1.64. The monoisotopic (exact) mass is 246 g/mol. The Morgan fingerprint density at radius 2 is 2.35 bits per heavy atom. The summed E-state index contributed by atoms with van der Waals surface area (Å²) in [6, 6.07) is 5.70. The van der Waals surface area contributed by atoms with E-state index in [4.69, 9.17) is 21.7 Å². The molecule has 0 saturated heterocycles. The first-order chi connectivity index (χ1) is 8.28. The van der Waals surface area contributed by atoms with Gasteiger partial charge in [-0.1, -0.05) is 0 Å². The van der Waals surface area contributed by atoms with Crippen LogP contribution in [-0.4, -0.2) is 17.1 Å². The van der Waals surface area contributed by atoms with E-state index in [-0.39, 0.29) is 0 Å². The zero-order valence-corrected chi connectivity index (χ0v) is 10.0. The van der Waals surface area contributed by atoms with Crippen molar-refractivity contribution >= 4 is 12.2 Å². The molecule has 3 rings (SSSR count). The Bertz CT molecular complexity index is 637. The van der Waals surface area contributed by atoms with Crippen LogP contribution in [0, 0.1) is 4.77 Å². The summed E-state index contributed by atoms with van der Waals surface area (Å²) in [4.78, 5) is 7.16. The molecule has 0 saturated carbocycles. The number of hydrogen-bond donors (Lipinski definition) is 1. The first kappa shape index (κ1) is 10.3. The van der Waals surface area contributed by atoms with Gasteiger partial charge in [-0.05, 0) is 30.4 Å². The summed E-state index contributed by atoms with van der Waals surface area (Å²) in [5.41, 5.74) is 2.92. The van der Waals surface area contributed by atoms with Gasteiger partial charge in [0.1, 0.15) is 18.1 Å². The number of aromatic amines is 1. The van der Waals surface area contributed by atoms with Gasteiger partial charge in [0.05, 0.1) is 12.8 Å². The maximum Gasteiger partial charge on any atom is 0.197 e. The van der Waals surface area contributed by atoms with Crippen LogP contribution in [0.15, 0.2) is 24.4 Å². The predicted octanol–water partition coefficient (Wildman–Crippen LogP) is 2.71. The maximum absolute atomic E-state index is 5.64. The molecule has 0 amide bonds. The van der Waals surface area contributed by atoms with Crippen molar-refractivity contribution in [1.82, 2.24) is 9.97 Å². The van der Waals surface area contributed by atoms with E-state index < -0.39 is 0 Å². The van der Waals surface area contributed by atoms with Gasteiger partial charge in [0.15, 0.2) is 4.77 Å². The molecular formula is C12H10N2O2S. The number of methoxy groups -OCH3 is 1. The molecule has 2 aromatic rings. The molecule has 0 spiro atoms. The molecule has 1 aliphatic heterocycles. The second kappa shape index (κ2) is 3.85. The number of aromatic nitrogens is 2. The van der Waals surface area contributed by atoms with Gasteiger partial charge in [-0.2, -0.15) is 0 Å². The van der Waals surface area contributed by atoms with Crippen LogP contribution < -0.4 is 9.47 Å². The van der Waals surface area contributed by atoms with Crippen LogP contribution >= 0.6 is 12.2 Å². The van der Waals surface area contributed by atoms with E-state index in [1.807, 2.05) is 18.2 Å². The molecule has 0 fully saturated rings. The molecule has 1 N–H and O–H groups in total. The lowest BCUT2D eigenvalue weighted by Crippen LogP contribution is -2.08. The number of nitrogens with zero attached hydrogens (tertiary/aromatic N) is 1. The van der Waals surface area contributed by atoms with Gasteiger partial charge in [-0.25, -0.2) is 4.98 Å². The Morgan fingerprint density at radius 1 is 1.47 bits per heavy atom. The summed E-state index contributed by atoms with van der Waals surface area (Å²) < 4.78 is 11.3. The smallest absolute Gasteiger partial charge is 0.197 e. The Hall–Kier alpha value is -1.88. The van der Waals surface area contributed by atoms with Crippen LogP contribution in [0.25, 0.3) is 11.3 Å². The highest BCUT2D eigenvalue weighted by Crippen LogP contribution is 2.37. The zero-order chi connectivity index (χ0) is 11.8. The third kappa shape index (κ3) is 1.68. The fourth-order valence-corrected chi connectivity index (χ4v) is 2.04. The first-order valence-electron chi connectivity index (χ1n) is 5.17. The van der Waals surface area contributed by atoms with Gasteiger partial charge in [0.2, 0.25) is 0 Å². The number of nitrogens with one attached hydrogen (secondary N) is 1. The van der Waals surface area contributed by atoms with Gasteiger partial charge >= 0.3 is 0 Å². The van der Waals surface area contributed by atoms with E-state index in [2.05, 4.69) is 9.97 Å². The Labute approximate surface area is 103 Å². The van der Waals surface area contributed by atoms with Crippen molar-refractivity contribution in [3.8, 4) is 22.8 Å². The molecule has 1 aromatic heterocycles. The topological polar surface area (TPSA) is 47.1 Å².